The molecule has 10 heteroatoms. The number of nitrogens with zero attached hydrogens (tertiary/aromatic N) is 1. The molecule has 3 amide bonds. The average molecular weight is 427 g/mol. The van der Waals surface area contributed by atoms with Crippen molar-refractivity contribution in [1.29, 1.82) is 0 Å². The normalized spacial score (nSPS) is 16.9. The summed E-state index contributed by atoms with van der Waals surface area (Å²) in [5, 5.41) is 8.02. The van der Waals surface area contributed by atoms with E-state index in [0.29, 0.717) is 19.4 Å². The Morgan fingerprint density at radius 3 is 2.72 bits per heavy atom. The van der Waals surface area contributed by atoms with E-state index in [2.05, 4.69) is 15.4 Å². The third-order valence-electron chi connectivity index (χ3n) is 4.48. The van der Waals surface area contributed by atoms with Crippen molar-refractivity contribution in [3.05, 3.63) is 47.3 Å². The topological polar surface area (TPSA) is 70.7 Å². The zero-order valence-electron chi connectivity index (χ0n) is 15.4. The van der Waals surface area contributed by atoms with E-state index in [4.69, 9.17) is 0 Å². The van der Waals surface area contributed by atoms with E-state index in [1.54, 1.807) is 17.0 Å². The predicted molar refractivity (Wildman–Crippen MR) is 103 cm³/mol. The van der Waals surface area contributed by atoms with E-state index in [1.807, 2.05) is 11.4 Å². The van der Waals surface area contributed by atoms with Gasteiger partial charge in [0.1, 0.15) is 5.75 Å². The number of nitrogens with one attached hydrogen (secondary N) is 2. The van der Waals surface area contributed by atoms with Crippen molar-refractivity contribution in [2.75, 3.05) is 18.4 Å². The van der Waals surface area contributed by atoms with E-state index in [1.165, 1.54) is 29.5 Å². The number of carbonyl (C=O) groups excluding carboxylic acids is 2. The van der Waals surface area contributed by atoms with Gasteiger partial charge in [0.2, 0.25) is 5.91 Å². The van der Waals surface area contributed by atoms with Crippen molar-refractivity contribution in [3.63, 3.8) is 0 Å². The highest BCUT2D eigenvalue weighted by atomic mass is 32.1. The Labute approximate surface area is 169 Å². The molecule has 156 valence electrons. The number of likely N-dealkylation sites (tertiary alicyclic amines) is 1. The number of carbonyl (C=O) groups is 2. The number of para-hydroxylation sites is 1. The van der Waals surface area contributed by atoms with Gasteiger partial charge in [-0.05, 0) is 36.4 Å². The Morgan fingerprint density at radius 2 is 2.00 bits per heavy atom. The van der Waals surface area contributed by atoms with Gasteiger partial charge in [0.25, 0.3) is 0 Å². The molecule has 0 saturated carbocycles. The summed E-state index contributed by atoms with van der Waals surface area (Å²) in [6.45, 7) is 0.704. The molecule has 1 aromatic carbocycles. The van der Waals surface area contributed by atoms with E-state index >= 15 is 0 Å². The molecule has 0 aliphatic carbocycles. The minimum absolute atomic E-state index is 0.0943. The summed E-state index contributed by atoms with van der Waals surface area (Å²) in [6.07, 6.45) is -3.53. The number of halogens is 3. The maximum absolute atomic E-state index is 12.5. The molecular formula is C19H20F3N3O3S. The lowest BCUT2D eigenvalue weighted by atomic mass is 9.97. The summed E-state index contributed by atoms with van der Waals surface area (Å²) in [7, 11) is 0. The molecule has 0 spiro atoms. The van der Waals surface area contributed by atoms with Gasteiger partial charge >= 0.3 is 12.4 Å². The number of hydrogen-bond donors (Lipinski definition) is 2. The number of hydrogen-bond acceptors (Lipinski definition) is 4. The molecule has 6 nitrogen and oxygen atoms in total. The van der Waals surface area contributed by atoms with Gasteiger partial charge in [0.15, 0.2) is 0 Å². The van der Waals surface area contributed by atoms with Crippen LogP contribution >= 0.6 is 11.3 Å². The molecule has 0 bridgehead atoms. The molecule has 2 aromatic rings. The van der Waals surface area contributed by atoms with Crippen molar-refractivity contribution < 1.29 is 27.5 Å². The van der Waals surface area contributed by atoms with Crippen LogP contribution in [0.3, 0.4) is 0 Å². The van der Waals surface area contributed by atoms with Gasteiger partial charge in [0, 0.05) is 25.2 Å². The molecule has 29 heavy (non-hydrogen) atoms. The van der Waals surface area contributed by atoms with Crippen LogP contribution in [0.5, 0.6) is 5.75 Å². The highest BCUT2D eigenvalue weighted by Crippen LogP contribution is 2.26. The maximum atomic E-state index is 12.5. The number of anilines is 1. The molecule has 1 aliphatic rings. The number of thiophene rings is 1. The van der Waals surface area contributed by atoms with E-state index in [-0.39, 0.29) is 36.3 Å². The van der Waals surface area contributed by atoms with Crippen molar-refractivity contribution in [2.24, 2.45) is 5.92 Å². The molecule has 2 N–H and O–H groups in total. The molecule has 0 radical (unpaired) electrons. The van der Waals surface area contributed by atoms with Crippen LogP contribution in [-0.4, -0.2) is 36.3 Å². The lowest BCUT2D eigenvalue weighted by Gasteiger charge is -2.32. The first-order chi connectivity index (χ1) is 13.8. The number of rotatable bonds is 5. The van der Waals surface area contributed by atoms with E-state index < -0.39 is 12.3 Å². The smallest absolute Gasteiger partial charge is 0.405 e. The zero-order valence-corrected chi connectivity index (χ0v) is 16.2. The van der Waals surface area contributed by atoms with Crippen LogP contribution in [0.1, 0.15) is 18.4 Å². The minimum Gasteiger partial charge on any atom is -0.405 e. The van der Waals surface area contributed by atoms with Gasteiger partial charge in [-0.1, -0.05) is 18.2 Å². The number of amides is 3. The van der Waals surface area contributed by atoms with Gasteiger partial charge < -0.3 is 15.0 Å². The standard InChI is InChI=1S/C19H20F3N3O3S/c20-19(21,22)28-15-7-2-1-5-13(15)11-23-17(26)14-6-3-9-25(12-14)18(27)24-16-8-4-10-29-16/h1-2,4-5,7-8,10,14H,3,6,9,11-12H2,(H,23,26)(H,24,27). The summed E-state index contributed by atoms with van der Waals surface area (Å²) in [5.41, 5.74) is 0.223. The van der Waals surface area contributed by atoms with Crippen molar-refractivity contribution in [1.82, 2.24) is 10.2 Å². The van der Waals surface area contributed by atoms with Crippen LogP contribution in [0.2, 0.25) is 0 Å². The van der Waals surface area contributed by atoms with Crippen LogP contribution in [0, 0.1) is 5.92 Å². The molecular weight excluding hydrogens is 407 g/mol. The maximum Gasteiger partial charge on any atom is 0.573 e. The SMILES string of the molecule is O=C(NCc1ccccc1OC(F)(F)F)C1CCCN(C(=O)Nc2cccs2)C1. The van der Waals surface area contributed by atoms with Crippen molar-refractivity contribution in [3.8, 4) is 5.75 Å². The van der Waals surface area contributed by atoms with Crippen molar-refractivity contribution >= 4 is 28.3 Å². The fraction of sp³-hybridized carbons (Fsp3) is 0.368. The molecule has 3 rings (SSSR count). The Kier molecular flexibility index (Phi) is 6.63. The second kappa shape index (κ2) is 9.17. The van der Waals surface area contributed by atoms with Gasteiger partial charge in [0.05, 0.1) is 10.9 Å². The van der Waals surface area contributed by atoms with Crippen LogP contribution < -0.4 is 15.4 Å². The molecule has 2 heterocycles. The second-order valence-electron chi connectivity index (χ2n) is 6.57. The van der Waals surface area contributed by atoms with Crippen LogP contribution in [-0.2, 0) is 11.3 Å². The quantitative estimate of drug-likeness (QED) is 0.751. The monoisotopic (exact) mass is 427 g/mol. The first-order valence-corrected chi connectivity index (χ1v) is 9.90. The third kappa shape index (κ3) is 6.11. The van der Waals surface area contributed by atoms with Crippen LogP contribution in [0.4, 0.5) is 23.0 Å². The highest BCUT2D eigenvalue weighted by molar-refractivity contribution is 7.14. The largest absolute Gasteiger partial charge is 0.573 e. The fourth-order valence-corrected chi connectivity index (χ4v) is 3.72. The minimum atomic E-state index is -4.81. The summed E-state index contributed by atoms with van der Waals surface area (Å²) in [5.74, 6) is -1.07. The number of urea groups is 1. The number of ether oxygens (including phenoxy) is 1. The molecule has 1 saturated heterocycles. The fourth-order valence-electron chi connectivity index (χ4n) is 3.11. The van der Waals surface area contributed by atoms with Crippen LogP contribution in [0.15, 0.2) is 41.8 Å². The van der Waals surface area contributed by atoms with Gasteiger partial charge in [-0.15, -0.1) is 24.5 Å². The van der Waals surface area contributed by atoms with Gasteiger partial charge in [-0.25, -0.2) is 4.79 Å². The average Bonchev–Trinajstić information content (AvgIpc) is 3.19. The lowest BCUT2D eigenvalue weighted by Crippen LogP contribution is -2.46. The molecule has 1 aromatic heterocycles. The van der Waals surface area contributed by atoms with Crippen molar-refractivity contribution in [2.45, 2.75) is 25.7 Å². The Balaban J connectivity index is 1.55. The first kappa shape index (κ1) is 21.0. The van der Waals surface area contributed by atoms with Crippen LogP contribution in [0.25, 0.3) is 0 Å². The lowest BCUT2D eigenvalue weighted by molar-refractivity contribution is -0.274. The van der Waals surface area contributed by atoms with E-state index in [9.17, 15) is 22.8 Å². The molecule has 1 fully saturated rings. The zero-order chi connectivity index (χ0) is 20.9. The van der Waals surface area contributed by atoms with Gasteiger partial charge in [-0.3, -0.25) is 10.1 Å². The summed E-state index contributed by atoms with van der Waals surface area (Å²) >= 11 is 1.40. The summed E-state index contributed by atoms with van der Waals surface area (Å²) in [4.78, 5) is 26.5. The Bertz CT molecular complexity index is 843. The van der Waals surface area contributed by atoms with Gasteiger partial charge in [-0.2, -0.15) is 0 Å². The molecule has 1 atom stereocenters. The Morgan fingerprint density at radius 1 is 1.21 bits per heavy atom. The summed E-state index contributed by atoms with van der Waals surface area (Å²) < 4.78 is 41.5. The number of benzene rings is 1. The first-order valence-electron chi connectivity index (χ1n) is 9.02. The number of piperidine rings is 1. The molecule has 1 unspecified atom stereocenters. The third-order valence-corrected chi connectivity index (χ3v) is 5.27. The highest BCUT2D eigenvalue weighted by Gasteiger charge is 2.32. The predicted octanol–water partition coefficient (Wildman–Crippen LogP) is 4.21. The molecule has 1 aliphatic heterocycles. The Hall–Kier alpha value is -2.75. The number of alkyl halides is 3. The van der Waals surface area contributed by atoms with E-state index in [0.717, 1.165) is 5.00 Å². The second-order valence-corrected chi connectivity index (χ2v) is 7.51. The summed E-state index contributed by atoms with van der Waals surface area (Å²) in [6, 6.07) is 9.01.